The number of carbonyl (C=O) groups excluding carboxylic acids is 3. The Balaban J connectivity index is 1.65. The summed E-state index contributed by atoms with van der Waals surface area (Å²) in [7, 11) is 0. The van der Waals surface area contributed by atoms with Crippen molar-refractivity contribution in [1.29, 1.82) is 0 Å². The van der Waals surface area contributed by atoms with Gasteiger partial charge in [0.15, 0.2) is 0 Å². The fraction of sp³-hybridized carbons (Fsp3) is 0.458. The molecule has 2 saturated heterocycles. The molecule has 0 radical (unpaired) electrons. The van der Waals surface area contributed by atoms with Crippen molar-refractivity contribution in [3.05, 3.63) is 39.3 Å². The number of aromatic nitrogens is 1. The zero-order valence-corrected chi connectivity index (χ0v) is 20.9. The van der Waals surface area contributed by atoms with E-state index in [-0.39, 0.29) is 29.6 Å². The van der Waals surface area contributed by atoms with E-state index >= 15 is 0 Å². The summed E-state index contributed by atoms with van der Waals surface area (Å²) in [5, 5.41) is 0.730. The molecule has 0 spiro atoms. The van der Waals surface area contributed by atoms with Crippen LogP contribution in [-0.2, 0) is 16.1 Å². The van der Waals surface area contributed by atoms with E-state index in [4.69, 9.17) is 0 Å². The Kier molecular flexibility index (Phi) is 7.10. The van der Waals surface area contributed by atoms with Gasteiger partial charge in [0.25, 0.3) is 11.1 Å². The second-order valence-electron chi connectivity index (χ2n) is 8.49. The highest BCUT2D eigenvalue weighted by Crippen LogP contribution is 2.35. The van der Waals surface area contributed by atoms with Gasteiger partial charge in [-0.25, -0.2) is 0 Å². The fourth-order valence-corrected chi connectivity index (χ4v) is 5.62. The van der Waals surface area contributed by atoms with E-state index in [1.54, 1.807) is 6.08 Å². The van der Waals surface area contributed by atoms with Crippen LogP contribution in [-0.4, -0.2) is 50.6 Å². The lowest BCUT2D eigenvalue weighted by Gasteiger charge is -2.33. The lowest BCUT2D eigenvalue weighted by atomic mass is 10.0. The number of carbonyl (C=O) groups is 3. The summed E-state index contributed by atoms with van der Waals surface area (Å²) in [6, 6.07) is 6.19. The zero-order chi connectivity index (χ0) is 22.8. The van der Waals surface area contributed by atoms with E-state index in [0.29, 0.717) is 11.4 Å². The summed E-state index contributed by atoms with van der Waals surface area (Å²) in [6.07, 6.45) is 8.70. The Bertz CT molecular complexity index is 1090. The molecular weight excluding hydrogens is 490 g/mol. The Morgan fingerprint density at radius 3 is 2.84 bits per heavy atom. The topological polar surface area (TPSA) is 62.6 Å². The van der Waals surface area contributed by atoms with Gasteiger partial charge in [-0.1, -0.05) is 29.3 Å². The van der Waals surface area contributed by atoms with Crippen molar-refractivity contribution in [2.24, 2.45) is 0 Å². The number of piperidine rings is 1. The maximum atomic E-state index is 13.1. The van der Waals surface area contributed by atoms with Gasteiger partial charge < -0.3 is 9.47 Å². The minimum atomic E-state index is -0.234. The summed E-state index contributed by atoms with van der Waals surface area (Å²) >= 11 is 4.52. The number of likely N-dealkylation sites (tertiary alicyclic amines) is 1. The number of hydrogen-bond donors (Lipinski definition) is 0. The summed E-state index contributed by atoms with van der Waals surface area (Å²) < 4.78 is 2.88. The first kappa shape index (κ1) is 23.1. The lowest BCUT2D eigenvalue weighted by molar-refractivity contribution is -0.135. The van der Waals surface area contributed by atoms with Crippen LogP contribution in [0.15, 0.2) is 33.8 Å². The number of fused-ring (bicyclic) bond motifs is 1. The highest BCUT2D eigenvalue weighted by molar-refractivity contribution is 9.10. The van der Waals surface area contributed by atoms with Crippen LogP contribution in [0.25, 0.3) is 17.0 Å². The monoisotopic (exact) mass is 517 g/mol. The molecule has 2 fully saturated rings. The Morgan fingerprint density at radius 2 is 2.09 bits per heavy atom. The highest BCUT2D eigenvalue weighted by Gasteiger charge is 2.34. The molecule has 4 rings (SSSR count). The van der Waals surface area contributed by atoms with E-state index in [9.17, 15) is 14.4 Å². The van der Waals surface area contributed by atoms with Crippen molar-refractivity contribution in [3.8, 4) is 0 Å². The van der Waals surface area contributed by atoms with Crippen molar-refractivity contribution < 1.29 is 14.4 Å². The maximum Gasteiger partial charge on any atom is 0.293 e. The number of halogens is 1. The normalized spacial score (nSPS) is 20.7. The SMILES string of the molecule is CCCCN1C(=O)S/C(=C\c2cn(CC(=O)N3CCCC[C@H]3C)c3ccc(Br)cc23)C1=O. The summed E-state index contributed by atoms with van der Waals surface area (Å²) in [4.78, 5) is 41.9. The molecule has 170 valence electrons. The van der Waals surface area contributed by atoms with E-state index in [1.165, 1.54) is 11.3 Å². The third-order valence-corrected chi connectivity index (χ3v) is 7.60. The molecule has 6 nitrogen and oxygen atoms in total. The van der Waals surface area contributed by atoms with Crippen molar-refractivity contribution in [2.75, 3.05) is 13.1 Å². The fourth-order valence-electron chi connectivity index (χ4n) is 4.40. The molecule has 8 heteroatoms. The van der Waals surface area contributed by atoms with Crippen molar-refractivity contribution in [1.82, 2.24) is 14.4 Å². The van der Waals surface area contributed by atoms with Gasteiger partial charge in [0.05, 0.1) is 4.91 Å². The predicted molar refractivity (Wildman–Crippen MR) is 132 cm³/mol. The molecule has 0 aliphatic carbocycles. The molecule has 2 aromatic rings. The molecule has 2 aliphatic heterocycles. The van der Waals surface area contributed by atoms with Gasteiger partial charge >= 0.3 is 0 Å². The van der Waals surface area contributed by atoms with E-state index < -0.39 is 0 Å². The van der Waals surface area contributed by atoms with Crippen LogP contribution in [0.3, 0.4) is 0 Å². The standard InChI is InChI=1S/C24H28BrN3O3S/c1-3-4-10-28-23(30)21(32-24(28)31)12-17-14-26(20-9-8-18(25)13-19(17)20)15-22(29)27-11-6-5-7-16(27)2/h8-9,12-14,16H,3-7,10-11,15H2,1-2H3/b21-12-/t16-/m1/s1. The molecule has 0 saturated carbocycles. The van der Waals surface area contributed by atoms with Crippen molar-refractivity contribution >= 4 is 61.7 Å². The number of rotatable bonds is 6. The Morgan fingerprint density at radius 1 is 1.28 bits per heavy atom. The van der Waals surface area contributed by atoms with Crippen LogP contribution >= 0.6 is 27.7 Å². The van der Waals surface area contributed by atoms with Gasteiger partial charge in [-0.3, -0.25) is 19.3 Å². The maximum absolute atomic E-state index is 13.1. The smallest absolute Gasteiger partial charge is 0.293 e. The van der Waals surface area contributed by atoms with Gasteiger partial charge in [-0.2, -0.15) is 0 Å². The number of unbranched alkanes of at least 4 members (excludes halogenated alkanes) is 1. The second-order valence-corrected chi connectivity index (χ2v) is 10.4. The largest absolute Gasteiger partial charge is 0.338 e. The average Bonchev–Trinajstić information content (AvgIpc) is 3.23. The van der Waals surface area contributed by atoms with Gasteiger partial charge in [-0.15, -0.1) is 0 Å². The minimum absolute atomic E-state index is 0.114. The molecule has 0 N–H and O–H groups in total. The second kappa shape index (κ2) is 9.83. The molecule has 3 heterocycles. The summed E-state index contributed by atoms with van der Waals surface area (Å²) in [5.74, 6) is -0.119. The molecule has 32 heavy (non-hydrogen) atoms. The summed E-state index contributed by atoms with van der Waals surface area (Å²) in [5.41, 5.74) is 1.77. The van der Waals surface area contributed by atoms with Crippen LogP contribution in [0.4, 0.5) is 4.79 Å². The van der Waals surface area contributed by atoms with E-state index in [0.717, 1.165) is 64.9 Å². The third kappa shape index (κ3) is 4.66. The van der Waals surface area contributed by atoms with Crippen molar-refractivity contribution in [3.63, 3.8) is 0 Å². The van der Waals surface area contributed by atoms with Crippen LogP contribution in [0.5, 0.6) is 0 Å². The number of thioether (sulfide) groups is 1. The Hall–Kier alpha value is -2.06. The number of imide groups is 1. The van der Waals surface area contributed by atoms with Gasteiger partial charge in [0, 0.05) is 46.3 Å². The first-order valence-electron chi connectivity index (χ1n) is 11.2. The molecule has 2 aliphatic rings. The minimum Gasteiger partial charge on any atom is -0.338 e. The molecule has 1 aromatic carbocycles. The molecule has 0 bridgehead atoms. The first-order chi connectivity index (χ1) is 15.4. The molecule has 1 aromatic heterocycles. The summed E-state index contributed by atoms with van der Waals surface area (Å²) in [6.45, 7) is 5.67. The average molecular weight is 518 g/mol. The third-order valence-electron chi connectivity index (χ3n) is 6.20. The van der Waals surface area contributed by atoms with E-state index in [2.05, 4.69) is 22.9 Å². The quantitative estimate of drug-likeness (QED) is 0.465. The van der Waals surface area contributed by atoms with Gasteiger partial charge in [-0.05, 0) is 68.6 Å². The number of amides is 3. The number of benzene rings is 1. The molecule has 3 amide bonds. The molecule has 0 unspecified atom stereocenters. The van der Waals surface area contributed by atoms with Gasteiger partial charge in [0.2, 0.25) is 5.91 Å². The van der Waals surface area contributed by atoms with E-state index in [1.807, 2.05) is 40.8 Å². The van der Waals surface area contributed by atoms with Crippen LogP contribution in [0.1, 0.15) is 51.5 Å². The lowest BCUT2D eigenvalue weighted by Crippen LogP contribution is -2.43. The first-order valence-corrected chi connectivity index (χ1v) is 12.8. The van der Waals surface area contributed by atoms with Gasteiger partial charge in [0.1, 0.15) is 6.54 Å². The predicted octanol–water partition coefficient (Wildman–Crippen LogP) is 5.64. The van der Waals surface area contributed by atoms with Crippen LogP contribution in [0.2, 0.25) is 0 Å². The highest BCUT2D eigenvalue weighted by atomic mass is 79.9. The van der Waals surface area contributed by atoms with Crippen LogP contribution in [0, 0.1) is 0 Å². The molecular formula is C24H28BrN3O3S. The Labute approximate surface area is 201 Å². The zero-order valence-electron chi connectivity index (χ0n) is 18.5. The molecule has 1 atom stereocenters. The number of nitrogens with zero attached hydrogens (tertiary/aromatic N) is 3. The van der Waals surface area contributed by atoms with Crippen molar-refractivity contribution in [2.45, 2.75) is 58.5 Å². The van der Waals surface area contributed by atoms with Crippen LogP contribution < -0.4 is 0 Å². The number of hydrogen-bond acceptors (Lipinski definition) is 4.